The van der Waals surface area contributed by atoms with E-state index in [1.807, 2.05) is 0 Å². The van der Waals surface area contributed by atoms with E-state index in [1.54, 1.807) is 43.3 Å². The number of rotatable bonds is 7. The molecule has 0 saturated heterocycles. The quantitative estimate of drug-likeness (QED) is 0.598. The lowest BCUT2D eigenvalue weighted by molar-refractivity contribution is -0.145. The van der Waals surface area contributed by atoms with Crippen molar-refractivity contribution in [2.45, 2.75) is 19.9 Å². The third-order valence-electron chi connectivity index (χ3n) is 3.06. The number of hydrogen-bond acceptors (Lipinski definition) is 5. The summed E-state index contributed by atoms with van der Waals surface area (Å²) in [5.41, 5.74) is 0.616. The minimum Gasteiger partial charge on any atom is -0.467 e. The largest absolute Gasteiger partial charge is 0.467 e. The highest BCUT2D eigenvalue weighted by molar-refractivity contribution is 6.07. The molecule has 24 heavy (non-hydrogen) atoms. The van der Waals surface area contributed by atoms with E-state index in [1.165, 1.54) is 6.26 Å². The van der Waals surface area contributed by atoms with Gasteiger partial charge in [-0.3, -0.25) is 14.4 Å². The van der Waals surface area contributed by atoms with Crippen LogP contribution in [0.3, 0.4) is 0 Å². The zero-order chi connectivity index (χ0) is 17.4. The molecule has 0 aliphatic carbocycles. The first-order valence-electron chi connectivity index (χ1n) is 7.45. The van der Waals surface area contributed by atoms with Gasteiger partial charge in [-0.15, -0.1) is 0 Å². The van der Waals surface area contributed by atoms with Gasteiger partial charge in [0.05, 0.1) is 30.7 Å². The van der Waals surface area contributed by atoms with Crippen molar-refractivity contribution in [3.8, 4) is 0 Å². The van der Waals surface area contributed by atoms with Gasteiger partial charge in [0, 0.05) is 0 Å². The summed E-state index contributed by atoms with van der Waals surface area (Å²) in [6.07, 6.45) is 1.11. The molecule has 0 bridgehead atoms. The van der Waals surface area contributed by atoms with Crippen molar-refractivity contribution >= 4 is 23.5 Å². The van der Waals surface area contributed by atoms with E-state index in [9.17, 15) is 14.4 Å². The molecule has 0 aliphatic rings. The smallest absolute Gasteiger partial charge is 0.315 e. The van der Waals surface area contributed by atoms with Crippen molar-refractivity contribution in [2.24, 2.45) is 0 Å². The maximum Gasteiger partial charge on any atom is 0.315 e. The Bertz CT molecular complexity index is 710. The summed E-state index contributed by atoms with van der Waals surface area (Å²) in [5, 5.41) is 5.25. The third kappa shape index (κ3) is 4.98. The minimum absolute atomic E-state index is 0.206. The molecule has 1 aromatic carbocycles. The Morgan fingerprint density at radius 1 is 1.12 bits per heavy atom. The molecule has 0 spiro atoms. The molecule has 2 amide bonds. The Morgan fingerprint density at radius 2 is 1.92 bits per heavy atom. The lowest BCUT2D eigenvalue weighted by atomic mass is 10.1. The number of amides is 2. The molecule has 0 saturated carbocycles. The average Bonchev–Trinajstić information content (AvgIpc) is 3.06. The van der Waals surface area contributed by atoms with Gasteiger partial charge < -0.3 is 19.8 Å². The van der Waals surface area contributed by atoms with Crippen LogP contribution in [0.4, 0.5) is 5.69 Å². The van der Waals surface area contributed by atoms with Crippen molar-refractivity contribution in [3.05, 3.63) is 54.0 Å². The first kappa shape index (κ1) is 17.3. The van der Waals surface area contributed by atoms with E-state index in [0.29, 0.717) is 17.0 Å². The summed E-state index contributed by atoms with van der Waals surface area (Å²) >= 11 is 0. The van der Waals surface area contributed by atoms with Crippen LogP contribution in [0, 0.1) is 0 Å². The van der Waals surface area contributed by atoms with Crippen LogP contribution in [0.5, 0.6) is 0 Å². The molecule has 2 aromatic rings. The van der Waals surface area contributed by atoms with Crippen LogP contribution in [0.2, 0.25) is 0 Å². The Hall–Kier alpha value is -3.09. The number of furan rings is 1. The monoisotopic (exact) mass is 330 g/mol. The Morgan fingerprint density at radius 3 is 2.62 bits per heavy atom. The van der Waals surface area contributed by atoms with Gasteiger partial charge in [-0.1, -0.05) is 12.1 Å². The second-order valence-electron chi connectivity index (χ2n) is 4.84. The van der Waals surface area contributed by atoms with Gasteiger partial charge in [-0.2, -0.15) is 0 Å². The number of carbonyl (C=O) groups is 3. The molecule has 7 heteroatoms. The highest BCUT2D eigenvalue weighted by Crippen LogP contribution is 2.15. The first-order chi connectivity index (χ1) is 11.6. The van der Waals surface area contributed by atoms with Gasteiger partial charge in [0.2, 0.25) is 5.91 Å². The number of ether oxygens (including phenoxy) is 1. The highest BCUT2D eigenvalue weighted by Gasteiger charge is 2.15. The maximum absolute atomic E-state index is 12.3. The van der Waals surface area contributed by atoms with Crippen molar-refractivity contribution in [3.63, 3.8) is 0 Å². The van der Waals surface area contributed by atoms with Crippen LogP contribution in [-0.4, -0.2) is 24.4 Å². The zero-order valence-electron chi connectivity index (χ0n) is 13.2. The second kappa shape index (κ2) is 8.52. The normalized spacial score (nSPS) is 10.0. The molecule has 2 N–H and O–H groups in total. The molecular formula is C17H18N2O5. The average molecular weight is 330 g/mol. The molecule has 2 rings (SSSR count). The number of benzene rings is 1. The number of hydrogen-bond donors (Lipinski definition) is 2. The van der Waals surface area contributed by atoms with E-state index >= 15 is 0 Å². The standard InChI is InChI=1S/C17H18N2O5/c1-2-23-16(21)10-15(20)19-14-8-4-3-7-13(14)17(22)18-11-12-6-5-9-24-12/h3-9H,2,10-11H2,1H3,(H,18,22)(H,19,20). The molecule has 126 valence electrons. The van der Waals surface area contributed by atoms with Crippen LogP contribution in [-0.2, 0) is 20.9 Å². The molecule has 7 nitrogen and oxygen atoms in total. The summed E-state index contributed by atoms with van der Waals surface area (Å²) in [7, 11) is 0. The Balaban J connectivity index is 1.99. The summed E-state index contributed by atoms with van der Waals surface area (Å²) in [6.45, 7) is 2.10. The van der Waals surface area contributed by atoms with Crippen molar-refractivity contribution in [1.82, 2.24) is 5.32 Å². The van der Waals surface area contributed by atoms with Gasteiger partial charge in [-0.05, 0) is 31.2 Å². The number of nitrogens with one attached hydrogen (secondary N) is 2. The summed E-state index contributed by atoms with van der Waals surface area (Å²) in [4.78, 5) is 35.5. The highest BCUT2D eigenvalue weighted by atomic mass is 16.5. The number of para-hydroxylation sites is 1. The molecule has 0 unspecified atom stereocenters. The van der Waals surface area contributed by atoms with Crippen LogP contribution >= 0.6 is 0 Å². The second-order valence-corrected chi connectivity index (χ2v) is 4.84. The van der Waals surface area contributed by atoms with Crippen molar-refractivity contribution in [2.75, 3.05) is 11.9 Å². The Labute approximate surface area is 139 Å². The summed E-state index contributed by atoms with van der Waals surface area (Å²) in [6, 6.07) is 10.0. The lowest BCUT2D eigenvalue weighted by Gasteiger charge is -2.11. The SMILES string of the molecule is CCOC(=O)CC(=O)Nc1ccccc1C(=O)NCc1ccco1. The fraction of sp³-hybridized carbons (Fsp3) is 0.235. The fourth-order valence-electron chi connectivity index (χ4n) is 2.00. The first-order valence-corrected chi connectivity index (χ1v) is 7.45. The third-order valence-corrected chi connectivity index (χ3v) is 3.06. The van der Waals surface area contributed by atoms with Crippen LogP contribution in [0.1, 0.15) is 29.5 Å². The van der Waals surface area contributed by atoms with E-state index in [0.717, 1.165) is 0 Å². The molecular weight excluding hydrogens is 312 g/mol. The molecule has 0 radical (unpaired) electrons. The Kier molecular flexibility index (Phi) is 6.13. The van der Waals surface area contributed by atoms with Crippen LogP contribution < -0.4 is 10.6 Å². The molecule has 1 heterocycles. The van der Waals surface area contributed by atoms with Gasteiger partial charge in [-0.25, -0.2) is 0 Å². The maximum atomic E-state index is 12.3. The van der Waals surface area contributed by atoms with Crippen molar-refractivity contribution < 1.29 is 23.5 Å². The summed E-state index contributed by atoms with van der Waals surface area (Å²) in [5.74, 6) is -0.903. The van der Waals surface area contributed by atoms with Gasteiger partial charge in [0.15, 0.2) is 0 Å². The van der Waals surface area contributed by atoms with Crippen molar-refractivity contribution in [1.29, 1.82) is 0 Å². The summed E-state index contributed by atoms with van der Waals surface area (Å²) < 4.78 is 9.86. The fourth-order valence-corrected chi connectivity index (χ4v) is 2.00. The predicted molar refractivity (Wildman–Crippen MR) is 86.2 cm³/mol. The lowest BCUT2D eigenvalue weighted by Crippen LogP contribution is -2.25. The number of anilines is 1. The minimum atomic E-state index is -0.616. The molecule has 0 atom stereocenters. The van der Waals surface area contributed by atoms with E-state index in [2.05, 4.69) is 10.6 Å². The van der Waals surface area contributed by atoms with E-state index in [4.69, 9.17) is 9.15 Å². The van der Waals surface area contributed by atoms with E-state index < -0.39 is 18.3 Å². The number of esters is 1. The van der Waals surface area contributed by atoms with Gasteiger partial charge in [0.1, 0.15) is 12.2 Å². The van der Waals surface area contributed by atoms with Gasteiger partial charge >= 0.3 is 5.97 Å². The number of carbonyl (C=O) groups excluding carboxylic acids is 3. The van der Waals surface area contributed by atoms with Crippen LogP contribution in [0.25, 0.3) is 0 Å². The molecule has 0 fully saturated rings. The molecule has 1 aromatic heterocycles. The van der Waals surface area contributed by atoms with Crippen LogP contribution in [0.15, 0.2) is 47.1 Å². The predicted octanol–water partition coefficient (Wildman–Crippen LogP) is 2.10. The van der Waals surface area contributed by atoms with E-state index in [-0.39, 0.29) is 19.1 Å². The molecule has 0 aliphatic heterocycles. The van der Waals surface area contributed by atoms with Gasteiger partial charge in [0.25, 0.3) is 5.91 Å². The topological polar surface area (TPSA) is 97.6 Å². The zero-order valence-corrected chi connectivity index (χ0v) is 13.2.